The van der Waals surface area contributed by atoms with E-state index in [1.54, 1.807) is 11.4 Å². The molecule has 1 aromatic heterocycles. The largest absolute Gasteiger partial charge is 0.360 e. The van der Waals surface area contributed by atoms with Gasteiger partial charge in [-0.25, -0.2) is 17.2 Å². The normalized spacial score (nSPS) is 16.7. The van der Waals surface area contributed by atoms with Gasteiger partial charge in [-0.3, -0.25) is 9.10 Å². The lowest BCUT2D eigenvalue weighted by atomic mass is 10.2. The maximum atomic E-state index is 13.2. The molecule has 0 spiro atoms. The second-order valence-electron chi connectivity index (χ2n) is 6.26. The van der Waals surface area contributed by atoms with E-state index in [1.807, 2.05) is 0 Å². The minimum atomic E-state index is -4.16. The van der Waals surface area contributed by atoms with E-state index in [0.29, 0.717) is 21.8 Å². The molecular weight excluding hydrogens is 418 g/mol. The Labute approximate surface area is 170 Å². The third-order valence-corrected chi connectivity index (χ3v) is 7.03. The molecule has 0 bridgehead atoms. The van der Waals surface area contributed by atoms with Gasteiger partial charge in [0.25, 0.3) is 10.0 Å². The van der Waals surface area contributed by atoms with Crippen molar-refractivity contribution < 1.29 is 22.0 Å². The number of nitrogens with zero attached hydrogens (tertiary/aromatic N) is 1. The number of fused-ring (bicyclic) bond motifs is 1. The van der Waals surface area contributed by atoms with Crippen LogP contribution in [0.4, 0.5) is 20.2 Å². The molecule has 29 heavy (non-hydrogen) atoms. The highest BCUT2D eigenvalue weighted by molar-refractivity contribution is 7.97. The first-order chi connectivity index (χ1) is 13.9. The zero-order valence-corrected chi connectivity index (χ0v) is 16.4. The molecule has 0 unspecified atom stereocenters. The minimum absolute atomic E-state index is 0.0481. The molecule has 0 atom stereocenters. The number of hydrogen-bond donors (Lipinski definition) is 1. The Morgan fingerprint density at radius 2 is 1.59 bits per heavy atom. The molecule has 0 saturated heterocycles. The summed E-state index contributed by atoms with van der Waals surface area (Å²) >= 11 is 1.14. The monoisotopic (exact) mass is 432 g/mol. The third kappa shape index (κ3) is 3.66. The lowest BCUT2D eigenvalue weighted by Crippen LogP contribution is -2.38. The van der Waals surface area contributed by atoms with Crippen molar-refractivity contribution in [3.63, 3.8) is 0 Å². The number of rotatable bonds is 4. The number of nitrogens with one attached hydrogen (secondary N) is 1. The summed E-state index contributed by atoms with van der Waals surface area (Å²) in [6.45, 7) is -0.0481. The minimum Gasteiger partial charge on any atom is -0.360 e. The topological polar surface area (TPSA) is 66.5 Å². The predicted molar refractivity (Wildman–Crippen MR) is 108 cm³/mol. The second-order valence-corrected chi connectivity index (χ2v) is 9.01. The van der Waals surface area contributed by atoms with Gasteiger partial charge in [0.2, 0.25) is 5.78 Å². The highest BCUT2D eigenvalue weighted by atomic mass is 32.2. The van der Waals surface area contributed by atoms with Crippen LogP contribution >= 0.6 is 11.3 Å². The Morgan fingerprint density at radius 1 is 0.966 bits per heavy atom. The fraction of sp³-hybridized carbons (Fsp3) is 0.0500. The zero-order chi connectivity index (χ0) is 20.6. The van der Waals surface area contributed by atoms with Crippen LogP contribution < -0.4 is 9.62 Å². The molecule has 0 amide bonds. The average molecular weight is 432 g/mol. The van der Waals surface area contributed by atoms with E-state index in [2.05, 4.69) is 5.32 Å². The van der Waals surface area contributed by atoms with Crippen molar-refractivity contribution in [2.75, 3.05) is 9.62 Å². The Kier molecular flexibility index (Phi) is 4.93. The summed E-state index contributed by atoms with van der Waals surface area (Å²) in [4.78, 5) is 12.7. The van der Waals surface area contributed by atoms with Gasteiger partial charge in [-0.1, -0.05) is 12.1 Å². The SMILES string of the molecule is O=C1C(=CNc2ccc(F)cc2)S(=O)(=O)N(Cc2ccc(F)cc2)c2ccsc21. The van der Waals surface area contributed by atoms with Gasteiger partial charge in [-0.05, 0) is 53.4 Å². The van der Waals surface area contributed by atoms with Crippen LogP contribution in [-0.2, 0) is 16.6 Å². The fourth-order valence-electron chi connectivity index (χ4n) is 2.91. The van der Waals surface area contributed by atoms with Gasteiger partial charge in [-0.2, -0.15) is 0 Å². The molecule has 5 nitrogen and oxygen atoms in total. The van der Waals surface area contributed by atoms with E-state index >= 15 is 0 Å². The molecule has 0 fully saturated rings. The van der Waals surface area contributed by atoms with Crippen molar-refractivity contribution in [1.29, 1.82) is 0 Å². The molecular formula is C20H14F2N2O3S2. The number of Topliss-reactive ketones (excluding diaryl/α,β-unsaturated/α-hetero) is 1. The number of ketones is 1. The molecule has 2 aromatic carbocycles. The van der Waals surface area contributed by atoms with Gasteiger partial charge in [0.05, 0.1) is 12.2 Å². The molecule has 2 heterocycles. The van der Waals surface area contributed by atoms with Gasteiger partial charge in [0.15, 0.2) is 4.91 Å². The molecule has 0 radical (unpaired) electrons. The molecule has 1 N–H and O–H groups in total. The molecule has 1 aliphatic heterocycles. The van der Waals surface area contributed by atoms with Crippen LogP contribution in [0.15, 0.2) is 71.1 Å². The number of benzene rings is 2. The third-order valence-electron chi connectivity index (χ3n) is 4.36. The van der Waals surface area contributed by atoms with Gasteiger partial charge in [-0.15, -0.1) is 11.3 Å². The summed E-state index contributed by atoms with van der Waals surface area (Å²) in [7, 11) is -4.16. The zero-order valence-electron chi connectivity index (χ0n) is 14.8. The van der Waals surface area contributed by atoms with Crippen LogP contribution in [0.5, 0.6) is 0 Å². The second kappa shape index (κ2) is 7.41. The Bertz CT molecular complexity index is 1200. The molecule has 1 aliphatic rings. The van der Waals surface area contributed by atoms with E-state index < -0.39 is 32.3 Å². The summed E-state index contributed by atoms with van der Waals surface area (Å²) in [5.41, 5.74) is 1.31. The summed E-state index contributed by atoms with van der Waals surface area (Å²) < 4.78 is 53.8. The van der Waals surface area contributed by atoms with Crippen LogP contribution in [0.25, 0.3) is 0 Å². The number of carbonyl (C=O) groups is 1. The maximum Gasteiger partial charge on any atom is 0.270 e. The number of allylic oxidation sites excluding steroid dienone is 1. The van der Waals surface area contributed by atoms with Crippen molar-refractivity contribution in [2.24, 2.45) is 0 Å². The first-order valence-corrected chi connectivity index (χ1v) is 10.8. The predicted octanol–water partition coefficient (Wildman–Crippen LogP) is 4.51. The van der Waals surface area contributed by atoms with E-state index in [1.165, 1.54) is 48.5 Å². The van der Waals surface area contributed by atoms with Crippen LogP contribution in [0.3, 0.4) is 0 Å². The molecule has 0 aliphatic carbocycles. The number of anilines is 2. The molecule has 0 saturated carbocycles. The van der Waals surface area contributed by atoms with Gasteiger partial charge >= 0.3 is 0 Å². The van der Waals surface area contributed by atoms with Crippen LogP contribution in [-0.4, -0.2) is 14.2 Å². The van der Waals surface area contributed by atoms with Gasteiger partial charge < -0.3 is 5.32 Å². The van der Waals surface area contributed by atoms with E-state index in [9.17, 15) is 22.0 Å². The number of carbonyl (C=O) groups excluding carboxylic acids is 1. The van der Waals surface area contributed by atoms with Gasteiger partial charge in [0, 0.05) is 11.9 Å². The van der Waals surface area contributed by atoms with E-state index in [-0.39, 0.29) is 6.54 Å². The van der Waals surface area contributed by atoms with Crippen LogP contribution in [0.2, 0.25) is 0 Å². The number of thiophene rings is 1. The summed E-state index contributed by atoms with van der Waals surface area (Å²) in [6, 6.07) is 12.4. The smallest absolute Gasteiger partial charge is 0.270 e. The lowest BCUT2D eigenvalue weighted by Gasteiger charge is -2.29. The standard InChI is InChI=1S/C20H14F2N2O3S2/c21-14-3-1-13(2-4-14)12-24-17-9-10-28-20(17)19(25)18(29(24,26)27)11-23-16-7-5-15(22)6-8-16/h1-11,23H,12H2. The highest BCUT2D eigenvalue weighted by Crippen LogP contribution is 2.39. The van der Waals surface area contributed by atoms with Crippen molar-refractivity contribution in [1.82, 2.24) is 0 Å². The van der Waals surface area contributed by atoms with Gasteiger partial charge in [0.1, 0.15) is 16.5 Å². The Morgan fingerprint density at radius 3 is 2.24 bits per heavy atom. The van der Waals surface area contributed by atoms with Crippen molar-refractivity contribution in [3.05, 3.63) is 93.2 Å². The van der Waals surface area contributed by atoms with Crippen molar-refractivity contribution in [3.8, 4) is 0 Å². The average Bonchev–Trinajstić information content (AvgIpc) is 3.17. The summed E-state index contributed by atoms with van der Waals surface area (Å²) in [6.07, 6.45) is 1.12. The molecule has 4 rings (SSSR count). The summed E-state index contributed by atoms with van der Waals surface area (Å²) in [5, 5.41) is 4.39. The highest BCUT2D eigenvalue weighted by Gasteiger charge is 2.41. The maximum absolute atomic E-state index is 13.2. The number of sulfonamides is 1. The van der Waals surface area contributed by atoms with Crippen LogP contribution in [0.1, 0.15) is 15.2 Å². The summed E-state index contributed by atoms with van der Waals surface area (Å²) in [5.74, 6) is -1.47. The molecule has 148 valence electrons. The van der Waals surface area contributed by atoms with Crippen molar-refractivity contribution in [2.45, 2.75) is 6.54 Å². The van der Waals surface area contributed by atoms with E-state index in [4.69, 9.17) is 0 Å². The lowest BCUT2D eigenvalue weighted by molar-refractivity contribution is 0.104. The first kappa shape index (κ1) is 19.3. The van der Waals surface area contributed by atoms with Crippen molar-refractivity contribution >= 4 is 38.5 Å². The number of halogens is 2. The molecule has 3 aromatic rings. The van der Waals surface area contributed by atoms with E-state index in [0.717, 1.165) is 21.8 Å². The first-order valence-electron chi connectivity index (χ1n) is 8.48. The number of hydrogen-bond acceptors (Lipinski definition) is 5. The Balaban J connectivity index is 1.73. The quantitative estimate of drug-likeness (QED) is 0.616. The fourth-order valence-corrected chi connectivity index (χ4v) is 5.39. The molecule has 9 heteroatoms. The Hall–Kier alpha value is -3.04. The van der Waals surface area contributed by atoms with Crippen LogP contribution in [0, 0.1) is 11.6 Å².